The maximum atomic E-state index is 13.0. The normalized spacial score (nSPS) is 11.7. The third kappa shape index (κ3) is 29.8. The van der Waals surface area contributed by atoms with Crippen molar-refractivity contribution >= 4 is 59.3 Å². The number of hydrogen-bond acceptors (Lipinski definition) is 18. The number of halogens is 15. The molecular formula is C98H91F15O18. The highest BCUT2D eigenvalue weighted by Gasteiger charge is 2.37. The molecule has 0 spiro atoms. The van der Waals surface area contributed by atoms with Crippen molar-refractivity contribution in [3.8, 4) is 40.2 Å². The van der Waals surface area contributed by atoms with E-state index in [1.807, 2.05) is 0 Å². The molecule has 0 amide bonds. The highest BCUT2D eigenvalue weighted by atomic mass is 19.4. The number of carbonyl (C=O) groups is 5. The lowest BCUT2D eigenvalue weighted by molar-refractivity contribution is -0.138. The zero-order chi connectivity index (χ0) is 97.8. The third-order valence-corrected chi connectivity index (χ3v) is 19.5. The minimum absolute atomic E-state index is 0.0999. The van der Waals surface area contributed by atoms with Crippen LogP contribution < -0.4 is 33.2 Å². The minimum atomic E-state index is -4.47. The van der Waals surface area contributed by atoms with Crippen LogP contribution in [-0.2, 0) is 70.5 Å². The Morgan fingerprint density at radius 1 is 0.275 bits per heavy atom. The summed E-state index contributed by atoms with van der Waals surface area (Å²) >= 11 is 0. The van der Waals surface area contributed by atoms with E-state index in [1.165, 1.54) is 254 Å². The predicted molar refractivity (Wildman–Crippen MR) is 461 cm³/mol. The number of ether oxygens (including phenoxy) is 7. The van der Waals surface area contributed by atoms with Crippen LogP contribution in [0.15, 0.2) is 194 Å². The number of allylic oxidation sites excluding steroid dienone is 5. The molecule has 0 aliphatic heterocycles. The van der Waals surface area contributed by atoms with Crippen molar-refractivity contribution < 1.29 is 154 Å². The van der Waals surface area contributed by atoms with Crippen LogP contribution in [0.2, 0.25) is 0 Å². The Hall–Kier alpha value is -13.4. The summed E-state index contributed by atoms with van der Waals surface area (Å²) < 4.78 is 231. The number of aliphatic hydroxyl groups excluding tert-OH is 6. The summed E-state index contributed by atoms with van der Waals surface area (Å²) in [5.74, 6) is -0.397. The molecule has 0 atom stereocenters. The summed E-state index contributed by atoms with van der Waals surface area (Å²) in [7, 11) is 9.69. The van der Waals surface area contributed by atoms with Crippen molar-refractivity contribution in [3.63, 3.8) is 0 Å². The molecule has 0 heterocycles. The van der Waals surface area contributed by atoms with Crippen molar-refractivity contribution in [2.75, 3.05) is 49.8 Å². The van der Waals surface area contributed by atoms with Gasteiger partial charge in [0.25, 0.3) is 0 Å². The Morgan fingerprint density at radius 3 is 0.916 bits per heavy atom. The van der Waals surface area contributed by atoms with E-state index in [0.717, 1.165) is 42.5 Å². The van der Waals surface area contributed by atoms with Gasteiger partial charge in [0.15, 0.2) is 40.4 Å². The first-order valence-corrected chi connectivity index (χ1v) is 38.8. The molecule has 0 bridgehead atoms. The molecule has 0 unspecified atom stereocenters. The van der Waals surface area contributed by atoms with Gasteiger partial charge in [-0.2, -0.15) is 65.9 Å². The van der Waals surface area contributed by atoms with Crippen LogP contribution in [0.25, 0.3) is 30.4 Å². The number of alkyl halides is 15. The topological polar surface area (TPSA) is 271 Å². The number of carbonyl (C=O) groups excluding carboxylic acids is 5. The predicted octanol–water partition coefficient (Wildman–Crippen LogP) is 21.6. The highest BCUT2D eigenvalue weighted by Crippen LogP contribution is 2.41. The fourth-order valence-electron chi connectivity index (χ4n) is 12.6. The second-order valence-electron chi connectivity index (χ2n) is 28.4. The Bertz CT molecular complexity index is 5800. The lowest BCUT2D eigenvalue weighted by Crippen LogP contribution is -2.07. The van der Waals surface area contributed by atoms with Crippen molar-refractivity contribution in [1.29, 1.82) is 0 Å². The molecule has 6 N–H and O–H groups in total. The molecule has 33 heteroatoms. The second kappa shape index (κ2) is 47.7. The molecular weight excluding hydrogens is 1750 g/mol. The molecule has 0 saturated heterocycles. The zero-order valence-corrected chi connectivity index (χ0v) is 72.4. The van der Waals surface area contributed by atoms with E-state index in [1.54, 1.807) is 12.1 Å². The van der Waals surface area contributed by atoms with Crippen molar-refractivity contribution in [2.24, 2.45) is 0 Å². The van der Waals surface area contributed by atoms with Gasteiger partial charge in [-0.15, -0.1) is 0 Å². The SMILES string of the molecule is COc1c(CO)ccc(C(=O)/C=C/c2ccc(C)c(C(F)(F)F)c2)c1OC.COc1cc(C(=O)/C=C/c2ccc(C)c(C(F)(F)F)c2)cc(CO)c1CO.COc1cc(C(=O)/C=C/c2ccc(C)c(C(F)(F)F)c2)ccc1CO.COc1cc(CO)cc(C(=O)/C=C/c2ccc(C)c(C(F)(F)F)c2)c1.COc1cc(CO)cc(OC)c1C(=O)/C=C/c1ccc(C)c(C(F)(F)F)c1. The number of benzene rings is 10. The van der Waals surface area contributed by atoms with E-state index >= 15 is 0 Å². The van der Waals surface area contributed by atoms with Crippen molar-refractivity contribution in [1.82, 2.24) is 0 Å². The summed E-state index contributed by atoms with van der Waals surface area (Å²) in [5, 5.41) is 55.8. The molecule has 0 aromatic heterocycles. The number of hydrogen-bond donors (Lipinski definition) is 6. The molecule has 0 saturated carbocycles. The van der Waals surface area contributed by atoms with Gasteiger partial charge < -0.3 is 63.8 Å². The van der Waals surface area contributed by atoms with Gasteiger partial charge in [0.1, 0.15) is 34.3 Å². The van der Waals surface area contributed by atoms with Gasteiger partial charge in [-0.1, -0.05) is 109 Å². The van der Waals surface area contributed by atoms with Crippen LogP contribution >= 0.6 is 0 Å². The van der Waals surface area contributed by atoms with E-state index in [0.29, 0.717) is 50.4 Å². The van der Waals surface area contributed by atoms with Crippen LogP contribution in [-0.4, -0.2) is 109 Å². The van der Waals surface area contributed by atoms with Crippen LogP contribution in [0.5, 0.6) is 40.2 Å². The molecule has 0 radical (unpaired) electrons. The minimum Gasteiger partial charge on any atom is -0.497 e. The largest absolute Gasteiger partial charge is 0.497 e. The summed E-state index contributed by atoms with van der Waals surface area (Å²) in [6, 6.07) is 37.2. The first-order chi connectivity index (χ1) is 61.6. The van der Waals surface area contributed by atoms with Gasteiger partial charge in [0.2, 0.25) is 0 Å². The van der Waals surface area contributed by atoms with Gasteiger partial charge in [0, 0.05) is 33.4 Å². The van der Waals surface area contributed by atoms with Gasteiger partial charge in [0.05, 0.1) is 123 Å². The van der Waals surface area contributed by atoms with Crippen LogP contribution in [0, 0.1) is 34.6 Å². The quantitative estimate of drug-likeness (QED) is 0.0151. The Balaban J connectivity index is 0.000000252. The molecule has 10 aromatic rings. The lowest BCUT2D eigenvalue weighted by Gasteiger charge is -2.14. The first kappa shape index (κ1) is 106. The van der Waals surface area contributed by atoms with E-state index in [4.69, 9.17) is 33.2 Å². The molecule has 18 nitrogen and oxygen atoms in total. The average Bonchev–Trinajstić information content (AvgIpc) is 0.808. The van der Waals surface area contributed by atoms with E-state index < -0.39 is 88.4 Å². The van der Waals surface area contributed by atoms with Crippen LogP contribution in [0.4, 0.5) is 65.9 Å². The van der Waals surface area contributed by atoms with E-state index in [-0.39, 0.29) is 145 Å². The number of methoxy groups -OCH3 is 7. The van der Waals surface area contributed by atoms with Crippen molar-refractivity contribution in [2.45, 2.75) is 105 Å². The second-order valence-corrected chi connectivity index (χ2v) is 28.4. The Kier molecular flexibility index (Phi) is 38.8. The number of aliphatic hydroxyl groups is 6. The lowest BCUT2D eigenvalue weighted by atomic mass is 10.00. The summed E-state index contributed by atoms with van der Waals surface area (Å²) in [6.07, 6.45) is -9.84. The smallest absolute Gasteiger partial charge is 0.416 e. The molecule has 10 aromatic carbocycles. The zero-order valence-electron chi connectivity index (χ0n) is 72.4. The number of aryl methyl sites for hydroxylation is 5. The molecule has 0 aliphatic rings. The summed E-state index contributed by atoms with van der Waals surface area (Å²) in [4.78, 5) is 62.0. The third-order valence-electron chi connectivity index (χ3n) is 19.5. The van der Waals surface area contributed by atoms with Crippen molar-refractivity contribution in [3.05, 3.63) is 339 Å². The summed E-state index contributed by atoms with van der Waals surface area (Å²) in [5.41, 5.74) is 1.91. The number of rotatable bonds is 28. The average molecular weight is 1840 g/mol. The first-order valence-electron chi connectivity index (χ1n) is 38.8. The molecule has 10 rings (SSSR count). The van der Waals surface area contributed by atoms with E-state index in [9.17, 15) is 120 Å². The monoisotopic (exact) mass is 1840 g/mol. The van der Waals surface area contributed by atoms with Crippen LogP contribution in [0.1, 0.15) is 169 Å². The summed E-state index contributed by atoms with van der Waals surface area (Å²) in [6.45, 7) is 5.08. The van der Waals surface area contributed by atoms with Gasteiger partial charge >= 0.3 is 30.9 Å². The molecule has 0 fully saturated rings. The molecule has 131 heavy (non-hydrogen) atoms. The fourth-order valence-corrected chi connectivity index (χ4v) is 12.6. The maximum absolute atomic E-state index is 13.0. The van der Waals surface area contributed by atoms with Crippen LogP contribution in [0.3, 0.4) is 0 Å². The van der Waals surface area contributed by atoms with Gasteiger partial charge in [-0.3, -0.25) is 24.0 Å². The fraction of sp³-hybridized carbons (Fsp3) is 0.235. The standard InChI is InChI=1S/3C20H19F3O4.2C19H17F3O3/c1-12-4-5-13(10-16(12)20(21,22)23)6-9-17(25)15-8-7-14(11-24)18(26-2)19(15)27-3;1-12-4-5-13(8-15(12)20(21,22)23)6-7-16(25)19-17(26-2)9-14(11-24)10-18(19)27-3;1-12-3-4-13(7-17(12)20(21,22)23)5-6-18(26)14-8-15(10-24)16(11-25)19(9-14)27-2;1-12-3-4-13(9-16(12)19(20,21)22)5-8-17(24)14-6-7-15(11-23)18(10-14)25-2;1-12-3-4-13(9-17(12)19(20,21)22)5-6-18(24)15-7-14(11-23)8-16(10-15)25-2/h2*4-10,24H,11H2,1-3H3;3-9,24-25H,10-11H2,1-2H3;2*3-10,23H,11H2,1-2H3/b9-6+;7-6+;6-5+;8-5+;6-5+. The van der Waals surface area contributed by atoms with Gasteiger partial charge in [-0.25, -0.2) is 0 Å². The Labute approximate surface area is 743 Å². The highest BCUT2D eigenvalue weighted by molar-refractivity contribution is 6.12. The molecule has 0 aliphatic carbocycles. The molecule has 696 valence electrons. The Morgan fingerprint density at radius 2 is 0.595 bits per heavy atom. The van der Waals surface area contributed by atoms with Gasteiger partial charge in [-0.05, 0) is 222 Å². The number of ketones is 5. The van der Waals surface area contributed by atoms with E-state index in [2.05, 4.69) is 0 Å². The maximum Gasteiger partial charge on any atom is 0.416 e.